The Morgan fingerprint density at radius 1 is 1.24 bits per heavy atom. The van der Waals surface area contributed by atoms with Crippen LogP contribution < -0.4 is 16.8 Å². The molecule has 196 valence electrons. The number of ether oxygens (including phenoxy) is 3. The van der Waals surface area contributed by atoms with Crippen molar-refractivity contribution in [2.45, 2.75) is 76.2 Å². The Labute approximate surface area is 198 Å². The maximum absolute atomic E-state index is 12.3. The van der Waals surface area contributed by atoms with Crippen molar-refractivity contribution in [3.8, 4) is 0 Å². The molecule has 0 unspecified atom stereocenters. The molecule has 0 aromatic heterocycles. The van der Waals surface area contributed by atoms with Crippen molar-refractivity contribution in [2.75, 3.05) is 13.7 Å². The van der Waals surface area contributed by atoms with Gasteiger partial charge in [0, 0.05) is 25.9 Å². The lowest BCUT2D eigenvalue weighted by Crippen LogP contribution is -2.57. The molecule has 1 aliphatic rings. The first-order chi connectivity index (χ1) is 15.6. The highest BCUT2D eigenvalue weighted by atomic mass is 16.6. The molecule has 5 atom stereocenters. The van der Waals surface area contributed by atoms with E-state index in [0.29, 0.717) is 6.42 Å². The monoisotopic (exact) mass is 490 g/mol. The number of primary amides is 1. The van der Waals surface area contributed by atoms with Crippen LogP contribution in [0.15, 0.2) is 11.8 Å². The first-order valence-corrected chi connectivity index (χ1v) is 11.0. The number of amides is 1. The number of carboxylic acids is 1. The maximum atomic E-state index is 12.3. The minimum atomic E-state index is -1.40. The predicted molar refractivity (Wildman–Crippen MR) is 121 cm³/mol. The van der Waals surface area contributed by atoms with Gasteiger partial charge in [-0.3, -0.25) is 15.0 Å². The van der Waals surface area contributed by atoms with Crippen molar-refractivity contribution in [3.63, 3.8) is 0 Å². The van der Waals surface area contributed by atoms with E-state index in [4.69, 9.17) is 31.1 Å². The van der Waals surface area contributed by atoms with Crippen LogP contribution in [0.2, 0.25) is 0 Å². The molecule has 1 aliphatic heterocycles. The van der Waals surface area contributed by atoms with Crippen LogP contribution in [0.25, 0.3) is 0 Å². The number of esters is 1. The molecule has 13 nitrogen and oxygen atoms in total. The third-order valence-electron chi connectivity index (χ3n) is 5.36. The van der Waals surface area contributed by atoms with Crippen LogP contribution in [0.1, 0.15) is 51.9 Å². The van der Waals surface area contributed by atoms with Crippen LogP contribution in [-0.2, 0) is 28.6 Å². The molecule has 1 heterocycles. The molecule has 1 rings (SSSR count). The Bertz CT molecular complexity index is 716. The molecule has 10 N–H and O–H groups in total. The second kappa shape index (κ2) is 15.9. The van der Waals surface area contributed by atoms with Gasteiger partial charge in [0.05, 0.1) is 12.6 Å². The smallest absolute Gasteiger partial charge is 0.370 e. The predicted octanol–water partition coefficient (Wildman–Crippen LogP) is -0.848. The number of hydrogen-bond acceptors (Lipinski definition) is 8. The minimum Gasteiger partial charge on any atom is -0.480 e. The van der Waals surface area contributed by atoms with Gasteiger partial charge in [-0.2, -0.15) is 0 Å². The molecule has 0 aliphatic carbocycles. The standard InChI is InChI=1S/C21H36N4O8.H2O/c1-3-4-5-6-7-8-17(28)32-15(11-26)19(31-2)18-12(9-16(22)27)13(25-21(23)24)10-14(33-18)20(29)30;/h10,12-13,15,18-19,26H,3-9,11H2,1-2H3,(H2,22,27)(H,29,30)(H4,23,24,25);1H2/t12-,13-,15-,18-,19+;/m1./s1. The van der Waals surface area contributed by atoms with Crippen LogP contribution in [0.5, 0.6) is 0 Å². The van der Waals surface area contributed by atoms with Gasteiger partial charge in [-0.15, -0.1) is 0 Å². The van der Waals surface area contributed by atoms with Crippen molar-refractivity contribution >= 4 is 23.8 Å². The highest BCUT2D eigenvalue weighted by molar-refractivity contribution is 5.85. The Balaban J connectivity index is 0.0000109. The third kappa shape index (κ3) is 9.93. The van der Waals surface area contributed by atoms with Gasteiger partial charge in [0.25, 0.3) is 0 Å². The van der Waals surface area contributed by atoms with E-state index in [1.54, 1.807) is 0 Å². The van der Waals surface area contributed by atoms with E-state index in [2.05, 4.69) is 12.2 Å². The van der Waals surface area contributed by atoms with E-state index >= 15 is 0 Å². The van der Waals surface area contributed by atoms with Gasteiger partial charge in [-0.05, 0) is 12.5 Å². The highest BCUT2D eigenvalue weighted by Gasteiger charge is 2.46. The maximum Gasteiger partial charge on any atom is 0.370 e. The lowest BCUT2D eigenvalue weighted by molar-refractivity contribution is -0.177. The normalized spacial score (nSPS) is 21.1. The Morgan fingerprint density at radius 3 is 2.38 bits per heavy atom. The van der Waals surface area contributed by atoms with Crippen LogP contribution in [0.4, 0.5) is 0 Å². The molecule has 0 fully saturated rings. The Morgan fingerprint density at radius 2 is 1.88 bits per heavy atom. The van der Waals surface area contributed by atoms with Gasteiger partial charge in [0.1, 0.15) is 12.2 Å². The van der Waals surface area contributed by atoms with E-state index in [0.717, 1.165) is 25.7 Å². The summed E-state index contributed by atoms with van der Waals surface area (Å²) in [6.07, 6.45) is 2.24. The van der Waals surface area contributed by atoms with Crippen LogP contribution in [0.3, 0.4) is 0 Å². The molecule has 0 saturated carbocycles. The first kappa shape index (κ1) is 31.1. The average molecular weight is 491 g/mol. The number of rotatable bonds is 15. The SMILES string of the molecule is CCCCCCCC(=O)O[C@H](CO)[C@H](OC)[C@@H]1OC(C(=O)O)=C[C@@H](NC(=N)N)[C@H]1CC(N)=O.O. The molecule has 0 radical (unpaired) electrons. The van der Waals surface area contributed by atoms with Crippen molar-refractivity contribution in [1.82, 2.24) is 5.32 Å². The summed E-state index contributed by atoms with van der Waals surface area (Å²) in [4.78, 5) is 35.7. The fraction of sp³-hybridized carbons (Fsp3) is 0.714. The fourth-order valence-electron chi connectivity index (χ4n) is 3.81. The topological polar surface area (TPSA) is 239 Å². The van der Waals surface area contributed by atoms with E-state index in [1.807, 2.05) is 0 Å². The molecule has 0 bridgehead atoms. The van der Waals surface area contributed by atoms with Crippen molar-refractivity contribution < 1.29 is 44.3 Å². The van der Waals surface area contributed by atoms with Gasteiger partial charge in [0.2, 0.25) is 11.7 Å². The Hall–Kier alpha value is -2.90. The average Bonchev–Trinajstić information content (AvgIpc) is 2.74. The van der Waals surface area contributed by atoms with Gasteiger partial charge in [-0.25, -0.2) is 4.79 Å². The second-order valence-corrected chi connectivity index (χ2v) is 7.91. The number of nitrogens with one attached hydrogen (secondary N) is 2. The van der Waals surface area contributed by atoms with Gasteiger partial charge < -0.3 is 46.7 Å². The van der Waals surface area contributed by atoms with E-state index in [1.165, 1.54) is 13.2 Å². The molecule has 13 heteroatoms. The number of hydrogen-bond donors (Lipinski definition) is 6. The quantitative estimate of drug-likeness (QED) is 0.0719. The molecular formula is C21H38N4O9. The lowest BCUT2D eigenvalue weighted by Gasteiger charge is -2.41. The van der Waals surface area contributed by atoms with Crippen LogP contribution >= 0.6 is 0 Å². The van der Waals surface area contributed by atoms with Crippen molar-refractivity contribution in [1.29, 1.82) is 5.41 Å². The summed E-state index contributed by atoms with van der Waals surface area (Å²) in [6, 6.07) is -0.911. The summed E-state index contributed by atoms with van der Waals surface area (Å²) in [5.41, 5.74) is 10.8. The van der Waals surface area contributed by atoms with Crippen molar-refractivity contribution in [2.24, 2.45) is 17.4 Å². The zero-order chi connectivity index (χ0) is 25.0. The number of aliphatic hydroxyl groups excluding tert-OH is 1. The fourth-order valence-corrected chi connectivity index (χ4v) is 3.81. The number of carbonyl (C=O) groups excluding carboxylic acids is 2. The molecular weight excluding hydrogens is 452 g/mol. The summed E-state index contributed by atoms with van der Waals surface area (Å²) >= 11 is 0. The minimum absolute atomic E-state index is 0. The van der Waals surface area contributed by atoms with E-state index in [-0.39, 0.29) is 18.3 Å². The summed E-state index contributed by atoms with van der Waals surface area (Å²) < 4.78 is 16.5. The highest BCUT2D eigenvalue weighted by Crippen LogP contribution is 2.31. The summed E-state index contributed by atoms with van der Waals surface area (Å²) in [6.45, 7) is 1.46. The number of carbonyl (C=O) groups is 3. The molecule has 0 saturated heterocycles. The number of guanidine groups is 1. The van der Waals surface area contributed by atoms with Gasteiger partial charge in [0.15, 0.2) is 12.1 Å². The second-order valence-electron chi connectivity index (χ2n) is 7.91. The zero-order valence-corrected chi connectivity index (χ0v) is 19.6. The number of unbranched alkanes of at least 4 members (excludes halogenated alkanes) is 4. The number of aliphatic carboxylic acids is 1. The van der Waals surface area contributed by atoms with Crippen molar-refractivity contribution in [3.05, 3.63) is 11.8 Å². The summed E-state index contributed by atoms with van der Waals surface area (Å²) in [7, 11) is 1.28. The Kier molecular flexibility index (Phi) is 14.5. The van der Waals surface area contributed by atoms with Crippen LogP contribution in [0, 0.1) is 11.3 Å². The lowest BCUT2D eigenvalue weighted by atomic mass is 9.83. The van der Waals surface area contributed by atoms with E-state index in [9.17, 15) is 24.6 Å². The molecule has 0 aromatic carbocycles. The third-order valence-corrected chi connectivity index (χ3v) is 5.36. The number of aliphatic hydroxyl groups is 1. The largest absolute Gasteiger partial charge is 0.480 e. The van der Waals surface area contributed by atoms with Gasteiger partial charge >= 0.3 is 11.9 Å². The summed E-state index contributed by atoms with van der Waals surface area (Å²) in [5.74, 6) is -4.41. The molecule has 0 spiro atoms. The number of carboxylic acid groups (broad SMARTS) is 1. The first-order valence-electron chi connectivity index (χ1n) is 11.0. The van der Waals surface area contributed by atoms with E-state index < -0.39 is 66.4 Å². The zero-order valence-electron chi connectivity index (χ0n) is 19.6. The molecule has 1 amide bonds. The van der Waals surface area contributed by atoms with Gasteiger partial charge in [-0.1, -0.05) is 32.6 Å². The molecule has 0 aromatic rings. The summed E-state index contributed by atoms with van der Waals surface area (Å²) in [5, 5.41) is 29.4. The van der Waals surface area contributed by atoms with Crippen LogP contribution in [-0.4, -0.2) is 77.6 Å². The number of methoxy groups -OCH3 is 1. The number of nitrogens with two attached hydrogens (primary N) is 2. The molecule has 34 heavy (non-hydrogen) atoms.